The summed E-state index contributed by atoms with van der Waals surface area (Å²) in [6.07, 6.45) is 2.27. The van der Waals surface area contributed by atoms with Crippen LogP contribution in [0.2, 0.25) is 0 Å². The Bertz CT molecular complexity index is 1030. The van der Waals surface area contributed by atoms with Crippen LogP contribution in [-0.2, 0) is 14.3 Å². The molecule has 2 aromatic carbocycles. The van der Waals surface area contributed by atoms with Crippen LogP contribution in [0.1, 0.15) is 63.0 Å². The molecule has 0 aromatic heterocycles. The van der Waals surface area contributed by atoms with Crippen LogP contribution in [0.3, 0.4) is 0 Å². The minimum Gasteiger partial charge on any atom is -0.480 e. The van der Waals surface area contributed by atoms with Crippen molar-refractivity contribution in [3.05, 3.63) is 59.7 Å². The maximum atomic E-state index is 12.8. The Morgan fingerprint density at radius 2 is 1.65 bits per heavy atom. The number of amides is 2. The van der Waals surface area contributed by atoms with Gasteiger partial charge in [0.1, 0.15) is 12.6 Å². The predicted octanol–water partition coefficient (Wildman–Crippen LogP) is 4.45. The van der Waals surface area contributed by atoms with Gasteiger partial charge < -0.3 is 20.5 Å². The molecule has 0 spiro atoms. The van der Waals surface area contributed by atoms with E-state index in [9.17, 15) is 19.5 Å². The molecule has 2 amide bonds. The van der Waals surface area contributed by atoms with Crippen LogP contribution < -0.4 is 10.6 Å². The average Bonchev–Trinajstić information content (AvgIpc) is 3.61. The molecule has 2 aliphatic rings. The molecule has 0 heterocycles. The van der Waals surface area contributed by atoms with Gasteiger partial charge in [-0.05, 0) is 54.4 Å². The van der Waals surface area contributed by atoms with E-state index in [2.05, 4.69) is 34.9 Å². The van der Waals surface area contributed by atoms with Crippen molar-refractivity contribution in [1.82, 2.24) is 10.6 Å². The molecule has 2 aliphatic carbocycles. The molecule has 0 aliphatic heterocycles. The van der Waals surface area contributed by atoms with Crippen molar-refractivity contribution in [2.75, 3.05) is 6.61 Å². The Hall–Kier alpha value is -3.35. The highest BCUT2D eigenvalue weighted by Crippen LogP contribution is 2.45. The highest BCUT2D eigenvalue weighted by molar-refractivity contribution is 5.85. The van der Waals surface area contributed by atoms with Gasteiger partial charge >= 0.3 is 12.1 Å². The normalized spacial score (nSPS) is 17.1. The molecular formula is C27H32N2O5. The average molecular weight is 465 g/mol. The van der Waals surface area contributed by atoms with Crippen molar-refractivity contribution in [1.29, 1.82) is 0 Å². The lowest BCUT2D eigenvalue weighted by Gasteiger charge is -2.31. The summed E-state index contributed by atoms with van der Waals surface area (Å²) in [6.45, 7) is 3.90. The van der Waals surface area contributed by atoms with Crippen LogP contribution in [0.5, 0.6) is 0 Å². The summed E-state index contributed by atoms with van der Waals surface area (Å²) in [7, 11) is 0. The second-order valence-corrected chi connectivity index (χ2v) is 9.57. The summed E-state index contributed by atoms with van der Waals surface area (Å²) >= 11 is 0. The van der Waals surface area contributed by atoms with Gasteiger partial charge in [0.25, 0.3) is 0 Å². The molecule has 0 saturated heterocycles. The first kappa shape index (κ1) is 23.8. The second-order valence-electron chi connectivity index (χ2n) is 9.57. The molecule has 0 bridgehead atoms. The number of carboxylic acids is 1. The van der Waals surface area contributed by atoms with Gasteiger partial charge in [-0.1, -0.05) is 61.9 Å². The fourth-order valence-corrected chi connectivity index (χ4v) is 5.00. The fraction of sp³-hybridized carbons (Fsp3) is 0.444. The number of fused-ring (bicyclic) bond motifs is 3. The summed E-state index contributed by atoms with van der Waals surface area (Å²) in [4.78, 5) is 36.9. The number of benzene rings is 2. The molecule has 4 rings (SSSR count). The van der Waals surface area contributed by atoms with E-state index >= 15 is 0 Å². The van der Waals surface area contributed by atoms with Crippen molar-refractivity contribution < 1.29 is 24.2 Å². The Kier molecular flexibility index (Phi) is 6.91. The molecule has 1 unspecified atom stereocenters. The Morgan fingerprint density at radius 1 is 1.06 bits per heavy atom. The van der Waals surface area contributed by atoms with Gasteiger partial charge in [0.05, 0.1) is 5.54 Å². The van der Waals surface area contributed by atoms with Crippen LogP contribution in [0, 0.1) is 5.92 Å². The van der Waals surface area contributed by atoms with E-state index in [1.807, 2.05) is 38.1 Å². The number of carboxylic acid groups (broad SMARTS) is 1. The Balaban J connectivity index is 1.39. The summed E-state index contributed by atoms with van der Waals surface area (Å²) in [5.74, 6) is -1.31. The highest BCUT2D eigenvalue weighted by Gasteiger charge is 2.45. The van der Waals surface area contributed by atoms with Gasteiger partial charge in [-0.2, -0.15) is 0 Å². The van der Waals surface area contributed by atoms with Crippen molar-refractivity contribution in [2.45, 2.75) is 63.5 Å². The summed E-state index contributed by atoms with van der Waals surface area (Å²) in [6, 6.07) is 15.4. The van der Waals surface area contributed by atoms with E-state index in [4.69, 9.17) is 4.74 Å². The van der Waals surface area contributed by atoms with Crippen LogP contribution >= 0.6 is 0 Å². The van der Waals surface area contributed by atoms with Gasteiger partial charge in [0.15, 0.2) is 0 Å². The molecule has 2 atom stereocenters. The first-order valence-electron chi connectivity index (χ1n) is 12.0. The number of ether oxygens (including phenoxy) is 1. The van der Waals surface area contributed by atoms with Gasteiger partial charge in [0, 0.05) is 12.3 Å². The van der Waals surface area contributed by atoms with Gasteiger partial charge in [-0.15, -0.1) is 0 Å². The lowest BCUT2D eigenvalue weighted by molar-refractivity contribution is -0.142. The molecule has 3 N–H and O–H groups in total. The third kappa shape index (κ3) is 5.08. The van der Waals surface area contributed by atoms with E-state index in [1.54, 1.807) is 0 Å². The van der Waals surface area contributed by atoms with Crippen LogP contribution in [0.4, 0.5) is 4.79 Å². The minimum atomic E-state index is -1.05. The molecule has 180 valence electrons. The number of nitrogens with one attached hydrogen (secondary N) is 2. The maximum absolute atomic E-state index is 12.8. The number of hydrogen-bond acceptors (Lipinski definition) is 4. The molecule has 0 radical (unpaired) electrons. The van der Waals surface area contributed by atoms with Crippen LogP contribution in [0.15, 0.2) is 48.5 Å². The lowest BCUT2D eigenvalue weighted by Crippen LogP contribution is -2.52. The van der Waals surface area contributed by atoms with Crippen molar-refractivity contribution >= 4 is 18.0 Å². The zero-order valence-corrected chi connectivity index (χ0v) is 19.7. The maximum Gasteiger partial charge on any atom is 0.407 e. The summed E-state index contributed by atoms with van der Waals surface area (Å²) in [5.41, 5.74) is 3.80. The molecular weight excluding hydrogens is 432 g/mol. The van der Waals surface area contributed by atoms with Crippen LogP contribution in [0.25, 0.3) is 11.1 Å². The zero-order chi connectivity index (χ0) is 24.3. The quantitative estimate of drug-likeness (QED) is 0.482. The Morgan fingerprint density at radius 3 is 2.18 bits per heavy atom. The van der Waals surface area contributed by atoms with E-state index in [0.717, 1.165) is 35.1 Å². The number of alkyl carbamates (subject to hydrolysis) is 1. The summed E-state index contributed by atoms with van der Waals surface area (Å²) in [5, 5.41) is 14.8. The first-order valence-corrected chi connectivity index (χ1v) is 12.0. The second kappa shape index (κ2) is 9.87. The van der Waals surface area contributed by atoms with Crippen molar-refractivity contribution in [2.24, 2.45) is 5.92 Å². The number of hydrogen-bond donors (Lipinski definition) is 3. The van der Waals surface area contributed by atoms with Gasteiger partial charge in [0.2, 0.25) is 5.91 Å². The van der Waals surface area contributed by atoms with Crippen molar-refractivity contribution in [3.63, 3.8) is 0 Å². The van der Waals surface area contributed by atoms with E-state index < -0.39 is 23.6 Å². The van der Waals surface area contributed by atoms with Crippen LogP contribution in [-0.4, -0.2) is 41.3 Å². The third-order valence-corrected chi connectivity index (χ3v) is 6.95. The smallest absolute Gasteiger partial charge is 0.407 e. The number of aliphatic carboxylic acids is 1. The fourth-order valence-electron chi connectivity index (χ4n) is 5.00. The standard InChI is InChI=1S/C27H32N2O5/c1-3-8-23(25(31)32)28-24(30)15-27(2,17-13-14-17)29-26(33)34-16-22-20-11-6-4-9-18(20)19-10-5-7-12-21(19)22/h4-7,9-12,17,22-23H,3,8,13-16H2,1-2H3,(H,28,30)(H,29,33)(H,31,32)/t23-,27?/m1/s1. The molecule has 7 heteroatoms. The summed E-state index contributed by atoms with van der Waals surface area (Å²) < 4.78 is 5.68. The largest absolute Gasteiger partial charge is 0.480 e. The van der Waals surface area contributed by atoms with E-state index in [1.165, 1.54) is 0 Å². The molecule has 2 aromatic rings. The van der Waals surface area contributed by atoms with E-state index in [-0.39, 0.29) is 30.8 Å². The third-order valence-electron chi connectivity index (χ3n) is 6.95. The first-order chi connectivity index (χ1) is 16.3. The number of carbonyl (C=O) groups excluding carboxylic acids is 2. The van der Waals surface area contributed by atoms with Crippen molar-refractivity contribution in [3.8, 4) is 11.1 Å². The topological polar surface area (TPSA) is 105 Å². The van der Waals surface area contributed by atoms with E-state index in [0.29, 0.717) is 12.8 Å². The predicted molar refractivity (Wildman–Crippen MR) is 128 cm³/mol. The SMILES string of the molecule is CCC[C@@H](NC(=O)CC(C)(NC(=O)OCC1c2ccccc2-c2ccccc21)C1CC1)C(=O)O. The Labute approximate surface area is 199 Å². The highest BCUT2D eigenvalue weighted by atomic mass is 16.5. The zero-order valence-electron chi connectivity index (χ0n) is 19.7. The molecule has 1 saturated carbocycles. The molecule has 7 nitrogen and oxygen atoms in total. The number of carbonyl (C=O) groups is 3. The minimum absolute atomic E-state index is 0.00928. The molecule has 34 heavy (non-hydrogen) atoms. The lowest BCUT2D eigenvalue weighted by atomic mass is 9.91. The van der Waals surface area contributed by atoms with Gasteiger partial charge in [-0.25, -0.2) is 9.59 Å². The molecule has 1 fully saturated rings. The monoisotopic (exact) mass is 464 g/mol. The van der Waals surface area contributed by atoms with Gasteiger partial charge in [-0.3, -0.25) is 4.79 Å². The number of rotatable bonds is 10.